The summed E-state index contributed by atoms with van der Waals surface area (Å²) in [6.45, 7) is 0.584. The van der Waals surface area contributed by atoms with Gasteiger partial charge in [-0.05, 0) is 23.8 Å². The van der Waals surface area contributed by atoms with Gasteiger partial charge in [-0.25, -0.2) is 4.39 Å². The Bertz CT molecular complexity index is 629. The van der Waals surface area contributed by atoms with Gasteiger partial charge in [0.1, 0.15) is 11.6 Å². The van der Waals surface area contributed by atoms with Gasteiger partial charge in [-0.2, -0.15) is 0 Å². The standard InChI is InChI=1S/C15H15FN2O3/c16-13-3-6-15(12(9-13)10-17)21-8-7-11-1-4-14(5-2-11)18(19)20/h1-6,9H,7-8,10,17H2. The number of halogens is 1. The minimum absolute atomic E-state index is 0.0589. The van der Waals surface area contributed by atoms with Crippen molar-refractivity contribution in [1.29, 1.82) is 0 Å². The Balaban J connectivity index is 1.93. The molecule has 0 unspecified atom stereocenters. The minimum Gasteiger partial charge on any atom is -0.493 e. The molecule has 6 heteroatoms. The first-order valence-corrected chi connectivity index (χ1v) is 6.45. The molecular formula is C15H15FN2O3. The fourth-order valence-electron chi connectivity index (χ4n) is 1.91. The van der Waals surface area contributed by atoms with E-state index in [1.165, 1.54) is 24.3 Å². The molecule has 2 rings (SSSR count). The molecular weight excluding hydrogens is 275 g/mol. The summed E-state index contributed by atoms with van der Waals surface area (Å²) in [6.07, 6.45) is 0.597. The van der Waals surface area contributed by atoms with Crippen LogP contribution in [0.5, 0.6) is 5.75 Å². The zero-order valence-corrected chi connectivity index (χ0v) is 11.3. The van der Waals surface area contributed by atoms with Crippen molar-refractivity contribution in [3.63, 3.8) is 0 Å². The number of ether oxygens (including phenoxy) is 1. The highest BCUT2D eigenvalue weighted by atomic mass is 19.1. The third-order valence-electron chi connectivity index (χ3n) is 3.04. The van der Waals surface area contributed by atoms with E-state index in [-0.39, 0.29) is 18.0 Å². The summed E-state index contributed by atoms with van der Waals surface area (Å²) < 4.78 is 18.6. The van der Waals surface area contributed by atoms with Crippen molar-refractivity contribution >= 4 is 5.69 Å². The summed E-state index contributed by atoms with van der Waals surface area (Å²) in [5.74, 6) is 0.207. The van der Waals surface area contributed by atoms with E-state index in [2.05, 4.69) is 0 Å². The summed E-state index contributed by atoms with van der Waals surface area (Å²) in [5, 5.41) is 10.5. The highest BCUT2D eigenvalue weighted by Gasteiger charge is 2.06. The Labute approximate surface area is 121 Å². The largest absolute Gasteiger partial charge is 0.493 e. The van der Waals surface area contributed by atoms with E-state index in [0.29, 0.717) is 24.3 Å². The summed E-state index contributed by atoms with van der Waals surface area (Å²) in [4.78, 5) is 10.1. The summed E-state index contributed by atoms with van der Waals surface area (Å²) in [6, 6.07) is 10.5. The summed E-state index contributed by atoms with van der Waals surface area (Å²) >= 11 is 0. The van der Waals surface area contributed by atoms with Crippen LogP contribution >= 0.6 is 0 Å². The maximum atomic E-state index is 13.1. The highest BCUT2D eigenvalue weighted by Crippen LogP contribution is 2.19. The average molecular weight is 290 g/mol. The molecule has 0 saturated heterocycles. The number of nitro groups is 1. The van der Waals surface area contributed by atoms with E-state index >= 15 is 0 Å². The normalized spacial score (nSPS) is 10.4. The van der Waals surface area contributed by atoms with Crippen LogP contribution in [0.1, 0.15) is 11.1 Å². The molecule has 0 fully saturated rings. The van der Waals surface area contributed by atoms with Crippen LogP contribution < -0.4 is 10.5 Å². The Kier molecular flexibility index (Phi) is 4.84. The van der Waals surface area contributed by atoms with Crippen LogP contribution in [0, 0.1) is 15.9 Å². The van der Waals surface area contributed by atoms with E-state index < -0.39 is 4.92 Å². The minimum atomic E-state index is -0.438. The van der Waals surface area contributed by atoms with Gasteiger partial charge in [0.2, 0.25) is 0 Å². The molecule has 0 aliphatic heterocycles. The zero-order valence-electron chi connectivity index (χ0n) is 11.3. The molecule has 0 saturated carbocycles. The van der Waals surface area contributed by atoms with Gasteiger partial charge in [-0.1, -0.05) is 12.1 Å². The van der Waals surface area contributed by atoms with Crippen LogP contribution in [0.4, 0.5) is 10.1 Å². The second-order valence-electron chi connectivity index (χ2n) is 4.48. The summed E-state index contributed by atoms with van der Waals surface area (Å²) in [5.41, 5.74) is 7.13. The number of rotatable bonds is 6. The number of nitro benzene ring substituents is 1. The van der Waals surface area contributed by atoms with E-state index in [1.54, 1.807) is 18.2 Å². The molecule has 21 heavy (non-hydrogen) atoms. The second kappa shape index (κ2) is 6.81. The van der Waals surface area contributed by atoms with Gasteiger partial charge in [0.15, 0.2) is 0 Å². The van der Waals surface area contributed by atoms with Crippen molar-refractivity contribution < 1.29 is 14.1 Å². The first-order valence-electron chi connectivity index (χ1n) is 6.45. The van der Waals surface area contributed by atoms with Crippen LogP contribution in [-0.2, 0) is 13.0 Å². The van der Waals surface area contributed by atoms with Crippen molar-refractivity contribution in [2.24, 2.45) is 5.73 Å². The van der Waals surface area contributed by atoms with Crippen LogP contribution in [0.3, 0.4) is 0 Å². The van der Waals surface area contributed by atoms with E-state index in [0.717, 1.165) is 5.56 Å². The number of hydrogen-bond donors (Lipinski definition) is 1. The third-order valence-corrected chi connectivity index (χ3v) is 3.04. The number of benzene rings is 2. The highest BCUT2D eigenvalue weighted by molar-refractivity contribution is 5.34. The number of nitrogens with two attached hydrogens (primary N) is 1. The molecule has 2 aromatic rings. The van der Waals surface area contributed by atoms with Crippen LogP contribution in [0.25, 0.3) is 0 Å². The van der Waals surface area contributed by atoms with Crippen LogP contribution in [0.15, 0.2) is 42.5 Å². The van der Waals surface area contributed by atoms with E-state index in [4.69, 9.17) is 10.5 Å². The molecule has 0 aliphatic rings. The Hall–Kier alpha value is -2.47. The van der Waals surface area contributed by atoms with Gasteiger partial charge < -0.3 is 10.5 Å². The first kappa shape index (κ1) is 14.9. The molecule has 0 radical (unpaired) electrons. The summed E-state index contributed by atoms with van der Waals surface area (Å²) in [7, 11) is 0. The Morgan fingerprint density at radius 2 is 1.90 bits per heavy atom. The fraction of sp³-hybridized carbons (Fsp3) is 0.200. The van der Waals surface area contributed by atoms with Crippen molar-refractivity contribution in [3.05, 3.63) is 69.5 Å². The van der Waals surface area contributed by atoms with Gasteiger partial charge in [0.25, 0.3) is 5.69 Å². The maximum Gasteiger partial charge on any atom is 0.269 e. The molecule has 5 nitrogen and oxygen atoms in total. The molecule has 0 spiro atoms. The predicted octanol–water partition coefficient (Wildman–Crippen LogP) is 2.81. The third kappa shape index (κ3) is 4.00. The number of nitrogens with zero attached hydrogens (tertiary/aromatic N) is 1. The van der Waals surface area contributed by atoms with Crippen LogP contribution in [0.2, 0.25) is 0 Å². The molecule has 0 aliphatic carbocycles. The van der Waals surface area contributed by atoms with Gasteiger partial charge >= 0.3 is 0 Å². The van der Waals surface area contributed by atoms with Crippen molar-refractivity contribution in [1.82, 2.24) is 0 Å². The van der Waals surface area contributed by atoms with Crippen molar-refractivity contribution in [2.45, 2.75) is 13.0 Å². The SMILES string of the molecule is NCc1cc(F)ccc1OCCc1ccc([N+](=O)[O-])cc1. The maximum absolute atomic E-state index is 13.1. The lowest BCUT2D eigenvalue weighted by Crippen LogP contribution is -2.06. The molecule has 0 amide bonds. The number of hydrogen-bond acceptors (Lipinski definition) is 4. The lowest BCUT2D eigenvalue weighted by molar-refractivity contribution is -0.384. The van der Waals surface area contributed by atoms with E-state index in [9.17, 15) is 14.5 Å². The Morgan fingerprint density at radius 3 is 2.52 bits per heavy atom. The average Bonchev–Trinajstić information content (AvgIpc) is 2.49. The molecule has 0 aromatic heterocycles. The molecule has 2 N–H and O–H groups in total. The predicted molar refractivity (Wildman–Crippen MR) is 76.6 cm³/mol. The fourth-order valence-corrected chi connectivity index (χ4v) is 1.91. The lowest BCUT2D eigenvalue weighted by atomic mass is 10.1. The topological polar surface area (TPSA) is 78.4 Å². The Morgan fingerprint density at radius 1 is 1.19 bits per heavy atom. The number of non-ortho nitro benzene ring substituents is 1. The quantitative estimate of drug-likeness (QED) is 0.655. The molecule has 2 aromatic carbocycles. The van der Waals surface area contributed by atoms with Gasteiger partial charge in [-0.3, -0.25) is 10.1 Å². The zero-order chi connectivity index (χ0) is 15.2. The molecule has 0 heterocycles. The van der Waals surface area contributed by atoms with Gasteiger partial charge in [0.05, 0.1) is 11.5 Å². The molecule has 110 valence electrons. The second-order valence-corrected chi connectivity index (χ2v) is 4.48. The smallest absolute Gasteiger partial charge is 0.269 e. The van der Waals surface area contributed by atoms with Crippen LogP contribution in [-0.4, -0.2) is 11.5 Å². The van der Waals surface area contributed by atoms with E-state index in [1.807, 2.05) is 0 Å². The van der Waals surface area contributed by atoms with Gasteiger partial charge in [0, 0.05) is 30.7 Å². The van der Waals surface area contributed by atoms with Gasteiger partial charge in [-0.15, -0.1) is 0 Å². The monoisotopic (exact) mass is 290 g/mol. The molecule has 0 bridgehead atoms. The van der Waals surface area contributed by atoms with Crippen molar-refractivity contribution in [2.75, 3.05) is 6.61 Å². The first-order chi connectivity index (χ1) is 10.1. The molecule has 0 atom stereocenters. The van der Waals surface area contributed by atoms with Crippen molar-refractivity contribution in [3.8, 4) is 5.75 Å². The lowest BCUT2D eigenvalue weighted by Gasteiger charge is -2.10.